The third kappa shape index (κ3) is 3.45. The molecule has 0 aromatic heterocycles. The van der Waals surface area contributed by atoms with Crippen molar-refractivity contribution in [1.82, 2.24) is 4.31 Å². The highest BCUT2D eigenvalue weighted by atomic mass is 35.5. The number of nitrogens with zero attached hydrogens (tertiary/aromatic N) is 1. The molecule has 1 fully saturated rings. The first-order valence-electron chi connectivity index (χ1n) is 6.72. The molecule has 112 valence electrons. The van der Waals surface area contributed by atoms with E-state index in [9.17, 15) is 8.42 Å². The first-order chi connectivity index (χ1) is 9.39. The minimum absolute atomic E-state index is 0.315. The molecule has 1 aromatic rings. The van der Waals surface area contributed by atoms with Gasteiger partial charge in [-0.1, -0.05) is 0 Å². The van der Waals surface area contributed by atoms with Crippen LogP contribution in [0, 0.1) is 5.41 Å². The third-order valence-corrected chi connectivity index (χ3v) is 5.90. The van der Waals surface area contributed by atoms with Crippen molar-refractivity contribution in [3.05, 3.63) is 24.3 Å². The lowest BCUT2D eigenvalue weighted by molar-refractivity contribution is 0.520. The molecule has 0 bridgehead atoms. The molecule has 1 saturated carbocycles. The number of anilines is 1. The molecule has 4 nitrogen and oxygen atoms in total. The fraction of sp³-hybridized carbons (Fsp3) is 0.571. The average molecular weight is 317 g/mol. The van der Waals surface area contributed by atoms with Crippen molar-refractivity contribution in [2.75, 3.05) is 31.8 Å². The number of hydrogen-bond acceptors (Lipinski definition) is 3. The normalized spacial score (nSPS) is 17.2. The first kappa shape index (κ1) is 15.6. The molecule has 0 atom stereocenters. The van der Waals surface area contributed by atoms with Crippen LogP contribution in [0.3, 0.4) is 0 Å². The molecule has 2 rings (SSSR count). The Kier molecular flexibility index (Phi) is 4.62. The summed E-state index contributed by atoms with van der Waals surface area (Å²) in [6.07, 6.45) is 3.48. The number of rotatable bonds is 7. The highest BCUT2D eigenvalue weighted by Crippen LogP contribution is 2.48. The van der Waals surface area contributed by atoms with Crippen LogP contribution in [0.25, 0.3) is 0 Å². The molecule has 0 aliphatic heterocycles. The zero-order chi connectivity index (χ0) is 14.8. The largest absolute Gasteiger partial charge is 0.384 e. The molecule has 1 aromatic carbocycles. The molecule has 1 N–H and O–H groups in total. The molecule has 0 unspecified atom stereocenters. The van der Waals surface area contributed by atoms with E-state index in [1.807, 2.05) is 12.1 Å². The van der Waals surface area contributed by atoms with Crippen molar-refractivity contribution < 1.29 is 8.42 Å². The molecule has 0 radical (unpaired) electrons. The van der Waals surface area contributed by atoms with Crippen molar-refractivity contribution >= 4 is 27.3 Å². The second kappa shape index (κ2) is 5.92. The summed E-state index contributed by atoms with van der Waals surface area (Å²) in [5, 5.41) is 3.37. The van der Waals surface area contributed by atoms with Gasteiger partial charge in [-0.25, -0.2) is 12.7 Å². The number of alkyl halides is 1. The SMILES string of the molecule is CN(C)S(=O)(=O)c1ccc(NCC2(CCCl)CC2)cc1. The maximum absolute atomic E-state index is 11.9. The highest BCUT2D eigenvalue weighted by molar-refractivity contribution is 7.89. The Morgan fingerprint density at radius 1 is 1.25 bits per heavy atom. The molecule has 1 aliphatic rings. The zero-order valence-electron chi connectivity index (χ0n) is 11.9. The van der Waals surface area contributed by atoms with Gasteiger partial charge in [0.2, 0.25) is 10.0 Å². The molecule has 0 heterocycles. The van der Waals surface area contributed by atoms with Gasteiger partial charge in [-0.2, -0.15) is 0 Å². The minimum Gasteiger partial charge on any atom is -0.384 e. The van der Waals surface area contributed by atoms with E-state index in [1.54, 1.807) is 12.1 Å². The summed E-state index contributed by atoms with van der Waals surface area (Å²) < 4.78 is 25.1. The summed E-state index contributed by atoms with van der Waals surface area (Å²) in [6, 6.07) is 6.90. The summed E-state index contributed by atoms with van der Waals surface area (Å²) >= 11 is 5.81. The van der Waals surface area contributed by atoms with Crippen molar-refractivity contribution in [1.29, 1.82) is 0 Å². The maximum atomic E-state index is 11.9. The first-order valence-corrected chi connectivity index (χ1v) is 8.70. The van der Waals surface area contributed by atoms with Gasteiger partial charge in [0.05, 0.1) is 4.90 Å². The lowest BCUT2D eigenvalue weighted by Crippen LogP contribution is -2.22. The molecule has 6 heteroatoms. The van der Waals surface area contributed by atoms with Gasteiger partial charge in [0, 0.05) is 32.2 Å². The Morgan fingerprint density at radius 2 is 1.85 bits per heavy atom. The number of sulfonamides is 1. The monoisotopic (exact) mass is 316 g/mol. The van der Waals surface area contributed by atoms with Crippen LogP contribution in [0.5, 0.6) is 0 Å². The molecular weight excluding hydrogens is 296 g/mol. The number of hydrogen-bond donors (Lipinski definition) is 1. The van der Waals surface area contributed by atoms with Crippen LogP contribution in [-0.4, -0.2) is 39.2 Å². The van der Waals surface area contributed by atoms with Gasteiger partial charge < -0.3 is 5.32 Å². The quantitative estimate of drug-likeness (QED) is 0.787. The van der Waals surface area contributed by atoms with Crippen molar-refractivity contribution in [3.63, 3.8) is 0 Å². The Bertz CT molecular complexity index is 551. The summed E-state index contributed by atoms with van der Waals surface area (Å²) in [4.78, 5) is 0.315. The topological polar surface area (TPSA) is 49.4 Å². The van der Waals surface area contributed by atoms with Gasteiger partial charge in [-0.05, 0) is 48.9 Å². The molecule has 1 aliphatic carbocycles. The number of nitrogens with one attached hydrogen (secondary N) is 1. The van der Waals surface area contributed by atoms with Crippen molar-refractivity contribution in [2.24, 2.45) is 5.41 Å². The second-order valence-corrected chi connectivity index (χ2v) is 8.13. The van der Waals surface area contributed by atoms with E-state index in [4.69, 9.17) is 11.6 Å². The van der Waals surface area contributed by atoms with E-state index >= 15 is 0 Å². The molecular formula is C14H21ClN2O2S. The second-order valence-electron chi connectivity index (χ2n) is 5.60. The molecule has 20 heavy (non-hydrogen) atoms. The Morgan fingerprint density at radius 3 is 2.30 bits per heavy atom. The van der Waals surface area contributed by atoms with Crippen LogP contribution < -0.4 is 5.32 Å². The van der Waals surface area contributed by atoms with E-state index in [-0.39, 0.29) is 0 Å². The van der Waals surface area contributed by atoms with Crippen LogP contribution in [0.2, 0.25) is 0 Å². The van der Waals surface area contributed by atoms with Gasteiger partial charge in [0.1, 0.15) is 0 Å². The van der Waals surface area contributed by atoms with E-state index in [0.29, 0.717) is 16.2 Å². The predicted molar refractivity (Wildman–Crippen MR) is 82.8 cm³/mol. The van der Waals surface area contributed by atoms with Gasteiger partial charge in [0.15, 0.2) is 0 Å². The van der Waals surface area contributed by atoms with Crippen LogP contribution in [-0.2, 0) is 10.0 Å². The molecule has 0 spiro atoms. The molecule has 0 amide bonds. The van der Waals surface area contributed by atoms with Gasteiger partial charge in [-0.15, -0.1) is 11.6 Å². The summed E-state index contributed by atoms with van der Waals surface area (Å²) in [6.45, 7) is 0.902. The predicted octanol–water partition coefficient (Wildman–Crippen LogP) is 2.76. The fourth-order valence-corrected chi connectivity index (χ4v) is 3.44. The van der Waals surface area contributed by atoms with E-state index < -0.39 is 10.0 Å². The van der Waals surface area contributed by atoms with Gasteiger partial charge in [-0.3, -0.25) is 0 Å². The standard InChI is InChI=1S/C14H21ClN2O2S/c1-17(2)20(18,19)13-5-3-12(4-6-13)16-11-14(7-8-14)9-10-15/h3-6,16H,7-11H2,1-2H3. The van der Waals surface area contributed by atoms with Crippen LogP contribution in [0.4, 0.5) is 5.69 Å². The lowest BCUT2D eigenvalue weighted by atomic mass is 10.0. The Hall–Kier alpha value is -0.780. The maximum Gasteiger partial charge on any atom is 0.242 e. The third-order valence-electron chi connectivity index (χ3n) is 3.88. The van der Waals surface area contributed by atoms with Crippen LogP contribution in [0.15, 0.2) is 29.2 Å². The summed E-state index contributed by atoms with van der Waals surface area (Å²) in [5.74, 6) is 0.696. The molecule has 0 saturated heterocycles. The van der Waals surface area contributed by atoms with Crippen LogP contribution in [0.1, 0.15) is 19.3 Å². The zero-order valence-corrected chi connectivity index (χ0v) is 13.5. The average Bonchev–Trinajstić information content (AvgIpc) is 3.17. The van der Waals surface area contributed by atoms with Gasteiger partial charge >= 0.3 is 0 Å². The van der Waals surface area contributed by atoms with E-state index in [2.05, 4.69) is 5.32 Å². The van der Waals surface area contributed by atoms with E-state index in [1.165, 1.54) is 31.2 Å². The Balaban J connectivity index is 1.99. The summed E-state index contributed by atoms with van der Waals surface area (Å²) in [5.41, 5.74) is 1.31. The lowest BCUT2D eigenvalue weighted by Gasteiger charge is -2.16. The van der Waals surface area contributed by atoms with Gasteiger partial charge in [0.25, 0.3) is 0 Å². The Labute approximate surface area is 126 Å². The van der Waals surface area contributed by atoms with Crippen LogP contribution >= 0.6 is 11.6 Å². The highest BCUT2D eigenvalue weighted by Gasteiger charge is 2.41. The number of benzene rings is 1. The fourth-order valence-electron chi connectivity index (χ4n) is 2.14. The van der Waals surface area contributed by atoms with Crippen molar-refractivity contribution in [3.8, 4) is 0 Å². The summed E-state index contributed by atoms with van der Waals surface area (Å²) in [7, 11) is -0.281. The van der Waals surface area contributed by atoms with Crippen molar-refractivity contribution in [2.45, 2.75) is 24.2 Å². The minimum atomic E-state index is -3.35. The smallest absolute Gasteiger partial charge is 0.242 e. The van der Waals surface area contributed by atoms with E-state index in [0.717, 1.165) is 18.7 Å². The number of halogens is 1.